The number of hydrogen-bond acceptors (Lipinski definition) is 4. The van der Waals surface area contributed by atoms with Crippen molar-refractivity contribution in [1.29, 1.82) is 0 Å². The Balaban J connectivity index is 1.78. The van der Waals surface area contributed by atoms with Gasteiger partial charge in [-0.1, -0.05) is 30.3 Å². The molecule has 0 aliphatic carbocycles. The Morgan fingerprint density at radius 3 is 2.08 bits per heavy atom. The number of hydrogen-bond donors (Lipinski definition) is 0. The molecule has 2 aromatic carbocycles. The van der Waals surface area contributed by atoms with E-state index in [0.29, 0.717) is 17.9 Å². The molecular weight excluding hydrogens is 332 g/mol. The van der Waals surface area contributed by atoms with E-state index in [1.807, 2.05) is 30.3 Å². The van der Waals surface area contributed by atoms with Crippen molar-refractivity contribution in [2.45, 2.75) is 27.4 Å². The van der Waals surface area contributed by atoms with Gasteiger partial charge in [0.25, 0.3) is 0 Å². The number of rotatable bonds is 4. The minimum Gasteiger partial charge on any atom is -0.561 e. The lowest BCUT2D eigenvalue weighted by Crippen LogP contribution is -2.34. The van der Waals surface area contributed by atoms with Crippen molar-refractivity contribution < 1.29 is 19.2 Å². The van der Waals surface area contributed by atoms with Crippen LogP contribution in [0.5, 0.6) is 5.75 Å². The number of ether oxygens (including phenoxy) is 1. The van der Waals surface area contributed by atoms with Crippen molar-refractivity contribution >= 4 is 17.2 Å². The maximum atomic E-state index is 12.6. The van der Waals surface area contributed by atoms with Gasteiger partial charge in [-0.3, -0.25) is 4.79 Å². The number of ketones is 1. The van der Waals surface area contributed by atoms with Gasteiger partial charge in [0.1, 0.15) is 12.4 Å². The molecular formula is C20H20N2O4. The van der Waals surface area contributed by atoms with E-state index < -0.39 is 11.2 Å². The van der Waals surface area contributed by atoms with Gasteiger partial charge in [-0.25, -0.2) is 0 Å². The van der Waals surface area contributed by atoms with Crippen LogP contribution in [0.4, 0.5) is 0 Å². The molecule has 1 aliphatic heterocycles. The highest BCUT2D eigenvalue weighted by molar-refractivity contribution is 6.68. The summed E-state index contributed by atoms with van der Waals surface area (Å²) in [5.74, 6) is 0.0700. The summed E-state index contributed by atoms with van der Waals surface area (Å²) in [5.41, 5.74) is 0.472. The number of carbonyl (C=O) groups is 1. The van der Waals surface area contributed by atoms with E-state index in [-0.39, 0.29) is 21.1 Å². The fraction of sp³-hybridized carbons (Fsp3) is 0.250. The minimum absolute atomic E-state index is 0.0631. The first-order chi connectivity index (χ1) is 12.3. The second-order valence-electron chi connectivity index (χ2n) is 7.12. The average Bonchev–Trinajstić information content (AvgIpc) is 2.83. The Morgan fingerprint density at radius 2 is 1.54 bits per heavy atom. The van der Waals surface area contributed by atoms with Crippen LogP contribution in [0.1, 0.15) is 31.9 Å². The van der Waals surface area contributed by atoms with Gasteiger partial charge in [0.05, 0.1) is 20.7 Å². The fourth-order valence-corrected chi connectivity index (χ4v) is 2.79. The van der Waals surface area contributed by atoms with E-state index in [1.54, 1.807) is 45.0 Å². The zero-order valence-electron chi connectivity index (χ0n) is 14.9. The van der Waals surface area contributed by atoms with E-state index in [1.165, 1.54) is 0 Å². The summed E-state index contributed by atoms with van der Waals surface area (Å²) in [4.78, 5) is 12.8. The molecule has 0 atom stereocenters. The smallest absolute Gasteiger partial charge is 0.348 e. The predicted molar refractivity (Wildman–Crippen MR) is 98.0 cm³/mol. The molecule has 1 aliphatic rings. The molecule has 6 nitrogen and oxygen atoms in total. The maximum Gasteiger partial charge on any atom is 0.348 e. The van der Waals surface area contributed by atoms with Crippen molar-refractivity contribution in [3.63, 3.8) is 0 Å². The van der Waals surface area contributed by atoms with Crippen molar-refractivity contribution in [2.75, 3.05) is 0 Å². The highest BCUT2D eigenvalue weighted by atomic mass is 16.7. The Bertz CT molecular complexity index is 892. The van der Waals surface area contributed by atoms with Crippen molar-refractivity contribution in [2.24, 2.45) is 5.41 Å². The largest absolute Gasteiger partial charge is 0.561 e. The minimum atomic E-state index is -0.720. The lowest BCUT2D eigenvalue weighted by Gasteiger charge is -2.11. The first kappa shape index (κ1) is 17.7. The molecule has 0 bridgehead atoms. The van der Waals surface area contributed by atoms with Gasteiger partial charge in [-0.15, -0.1) is 0 Å². The van der Waals surface area contributed by atoms with Gasteiger partial charge in [-0.05, 0) is 50.6 Å². The molecule has 0 radical (unpaired) electrons. The second kappa shape index (κ2) is 6.63. The van der Waals surface area contributed by atoms with E-state index in [2.05, 4.69) is 0 Å². The molecule has 6 heteroatoms. The van der Waals surface area contributed by atoms with Crippen LogP contribution in [0.25, 0.3) is 0 Å². The molecule has 0 unspecified atom stereocenters. The number of benzene rings is 2. The Morgan fingerprint density at radius 1 is 0.923 bits per heavy atom. The number of hydrazone groups is 2. The van der Waals surface area contributed by atoms with Crippen LogP contribution >= 0.6 is 0 Å². The van der Waals surface area contributed by atoms with Gasteiger partial charge in [0, 0.05) is 0 Å². The Hall–Kier alpha value is -3.15. The summed E-state index contributed by atoms with van der Waals surface area (Å²) in [7, 11) is 0. The summed E-state index contributed by atoms with van der Waals surface area (Å²) >= 11 is 0. The van der Waals surface area contributed by atoms with Crippen molar-refractivity contribution in [1.82, 2.24) is 0 Å². The monoisotopic (exact) mass is 352 g/mol. The summed E-state index contributed by atoms with van der Waals surface area (Å²) in [5, 5.41) is 24.3. The van der Waals surface area contributed by atoms with Crippen LogP contribution in [-0.4, -0.2) is 26.9 Å². The second-order valence-corrected chi connectivity index (χ2v) is 7.12. The van der Waals surface area contributed by atoms with E-state index in [9.17, 15) is 15.2 Å². The zero-order chi connectivity index (χ0) is 18.9. The van der Waals surface area contributed by atoms with E-state index in [4.69, 9.17) is 4.74 Å². The molecule has 0 fully saturated rings. The standard InChI is InChI=1S/C20H20N2O4/c1-20(2,3)19-18(23)17(21(24)22(19)25)15-9-11-16(12-10-15)26-13-14-7-5-4-6-8-14/h4-12H,13H2,1-3H3. The topological polar surface area (TPSA) is 78.4 Å². The third-order valence-corrected chi connectivity index (χ3v) is 4.06. The summed E-state index contributed by atoms with van der Waals surface area (Å²) in [6.07, 6.45) is 0. The summed E-state index contributed by atoms with van der Waals surface area (Å²) < 4.78 is 5.70. The molecule has 0 aromatic heterocycles. The molecule has 0 N–H and O–H groups in total. The van der Waals surface area contributed by atoms with Crippen molar-refractivity contribution in [3.05, 3.63) is 76.1 Å². The molecule has 3 rings (SSSR count). The van der Waals surface area contributed by atoms with Gasteiger partial charge in [-0.2, -0.15) is 0 Å². The van der Waals surface area contributed by atoms with Gasteiger partial charge >= 0.3 is 17.2 Å². The maximum absolute atomic E-state index is 12.6. The highest BCUT2D eigenvalue weighted by Gasteiger charge is 2.50. The third-order valence-electron chi connectivity index (χ3n) is 4.06. The summed E-state index contributed by atoms with van der Waals surface area (Å²) in [6.45, 7) is 5.59. The quantitative estimate of drug-likeness (QED) is 0.626. The molecule has 1 heterocycles. The van der Waals surface area contributed by atoms with Crippen LogP contribution in [0, 0.1) is 15.8 Å². The van der Waals surface area contributed by atoms with Crippen LogP contribution < -0.4 is 4.74 Å². The Kier molecular flexibility index (Phi) is 4.50. The van der Waals surface area contributed by atoms with Crippen molar-refractivity contribution in [3.8, 4) is 5.75 Å². The van der Waals surface area contributed by atoms with Gasteiger partial charge in [0.15, 0.2) is 0 Å². The number of nitrogens with zero attached hydrogens (tertiary/aromatic N) is 2. The molecule has 2 aromatic rings. The molecule has 0 amide bonds. The molecule has 0 saturated carbocycles. The first-order valence-electron chi connectivity index (χ1n) is 8.29. The lowest BCUT2D eigenvalue weighted by molar-refractivity contribution is -1.05. The summed E-state index contributed by atoms with van der Waals surface area (Å²) in [6, 6.07) is 16.3. The first-order valence-corrected chi connectivity index (χ1v) is 8.29. The van der Waals surface area contributed by atoms with Crippen LogP contribution in [0.2, 0.25) is 0 Å². The predicted octanol–water partition coefficient (Wildman–Crippen LogP) is 3.06. The van der Waals surface area contributed by atoms with Crippen LogP contribution in [0.3, 0.4) is 0 Å². The third kappa shape index (κ3) is 3.31. The fourth-order valence-electron chi connectivity index (χ4n) is 2.79. The van der Waals surface area contributed by atoms with E-state index in [0.717, 1.165) is 5.56 Å². The molecule has 0 saturated heterocycles. The average molecular weight is 352 g/mol. The molecule has 26 heavy (non-hydrogen) atoms. The van der Waals surface area contributed by atoms with Crippen LogP contribution in [-0.2, 0) is 11.4 Å². The lowest BCUT2D eigenvalue weighted by atomic mass is 9.85. The molecule has 0 spiro atoms. The van der Waals surface area contributed by atoms with Crippen LogP contribution in [0.15, 0.2) is 54.6 Å². The Labute approximate surface area is 151 Å². The number of hydrazine groups is 1. The number of carbonyl (C=O) groups excluding carboxylic acids is 1. The normalized spacial score (nSPS) is 15.0. The zero-order valence-corrected chi connectivity index (χ0v) is 14.9. The van der Waals surface area contributed by atoms with E-state index >= 15 is 0 Å². The van der Waals surface area contributed by atoms with Gasteiger partial charge < -0.3 is 15.2 Å². The molecule has 134 valence electrons. The SMILES string of the molecule is CC(C)(C)C1=[N+]([O-])[N+]([O-])=C(c2ccc(OCc3ccccc3)cc2)C1=O. The van der Waals surface area contributed by atoms with Gasteiger partial charge in [0.2, 0.25) is 0 Å². The number of Topliss-reactive ketones (excluding diaryl/α,β-unsaturated/α-hetero) is 1. The highest BCUT2D eigenvalue weighted by Crippen LogP contribution is 2.23.